The summed E-state index contributed by atoms with van der Waals surface area (Å²) in [6.07, 6.45) is 0. The van der Waals surface area contributed by atoms with Gasteiger partial charge in [-0.25, -0.2) is 0 Å². The van der Waals surface area contributed by atoms with E-state index in [1.807, 2.05) is 23.9 Å². The van der Waals surface area contributed by atoms with Gasteiger partial charge in [0.05, 0.1) is 7.11 Å². The summed E-state index contributed by atoms with van der Waals surface area (Å²) in [6, 6.07) is 8.65. The number of thioether (sulfide) groups is 1. The second-order valence-corrected chi connectivity index (χ2v) is 7.33. The predicted molar refractivity (Wildman–Crippen MR) is 81.6 cm³/mol. The maximum Gasteiger partial charge on any atom is 0.118 e. The molecule has 1 atom stereocenters. The Kier molecular flexibility index (Phi) is 6.03. The van der Waals surface area contributed by atoms with Crippen molar-refractivity contribution in [2.45, 2.75) is 38.5 Å². The van der Waals surface area contributed by atoms with Crippen LogP contribution in [0.5, 0.6) is 5.75 Å². The average Bonchev–Trinajstić information content (AvgIpc) is 2.33. The summed E-state index contributed by atoms with van der Waals surface area (Å²) in [6.45, 7) is 10.00. The van der Waals surface area contributed by atoms with Crippen molar-refractivity contribution in [1.29, 1.82) is 0 Å². The van der Waals surface area contributed by atoms with Crippen LogP contribution in [0, 0.1) is 0 Å². The molecule has 102 valence electrons. The molecule has 0 saturated heterocycles. The van der Waals surface area contributed by atoms with Gasteiger partial charge in [-0.05, 0) is 24.6 Å². The molecule has 1 N–H and O–H groups in total. The molecule has 0 aliphatic rings. The molecule has 2 nitrogen and oxygen atoms in total. The molecule has 1 aromatic rings. The average molecular weight is 267 g/mol. The lowest BCUT2D eigenvalue weighted by atomic mass is 10.1. The predicted octanol–water partition coefficient (Wildman–Crippen LogP) is 3.88. The van der Waals surface area contributed by atoms with Gasteiger partial charge in [0.15, 0.2) is 0 Å². The maximum atomic E-state index is 5.16. The van der Waals surface area contributed by atoms with E-state index in [0.717, 1.165) is 18.0 Å². The zero-order valence-corrected chi connectivity index (χ0v) is 12.9. The first-order valence-corrected chi connectivity index (χ1v) is 7.42. The Morgan fingerprint density at radius 1 is 1.22 bits per heavy atom. The fourth-order valence-electron chi connectivity index (χ4n) is 1.64. The van der Waals surface area contributed by atoms with Crippen LogP contribution in [0.15, 0.2) is 24.3 Å². The van der Waals surface area contributed by atoms with Crippen LogP contribution in [0.1, 0.15) is 39.3 Å². The number of hydrogen-bond acceptors (Lipinski definition) is 3. The van der Waals surface area contributed by atoms with Crippen molar-refractivity contribution in [3.63, 3.8) is 0 Å². The SMILES string of the molecule is COc1ccc([C@@H](C)NCCSC(C)(C)C)cc1. The second kappa shape index (κ2) is 7.05. The first-order chi connectivity index (χ1) is 8.42. The standard InChI is InChI=1S/C15H25NOS/c1-12(16-10-11-18-15(2,3)4)13-6-8-14(17-5)9-7-13/h6-9,12,16H,10-11H2,1-5H3/t12-/m1/s1. The van der Waals surface area contributed by atoms with Crippen LogP contribution in [0.2, 0.25) is 0 Å². The molecule has 0 radical (unpaired) electrons. The molecule has 0 aromatic heterocycles. The van der Waals surface area contributed by atoms with E-state index in [1.54, 1.807) is 7.11 Å². The van der Waals surface area contributed by atoms with E-state index >= 15 is 0 Å². The van der Waals surface area contributed by atoms with Crippen molar-refractivity contribution in [2.24, 2.45) is 0 Å². The van der Waals surface area contributed by atoms with E-state index in [4.69, 9.17) is 4.74 Å². The fraction of sp³-hybridized carbons (Fsp3) is 0.600. The van der Waals surface area contributed by atoms with Gasteiger partial charge in [0.25, 0.3) is 0 Å². The number of rotatable bonds is 6. The van der Waals surface area contributed by atoms with Gasteiger partial charge in [0.2, 0.25) is 0 Å². The zero-order chi connectivity index (χ0) is 13.6. The molecule has 0 bridgehead atoms. The smallest absolute Gasteiger partial charge is 0.118 e. The van der Waals surface area contributed by atoms with E-state index in [-0.39, 0.29) is 0 Å². The Labute approximate surface area is 116 Å². The molecule has 3 heteroatoms. The van der Waals surface area contributed by atoms with Crippen LogP contribution in [0.25, 0.3) is 0 Å². The summed E-state index contributed by atoms with van der Waals surface area (Å²) in [4.78, 5) is 0. The summed E-state index contributed by atoms with van der Waals surface area (Å²) in [5.74, 6) is 2.05. The molecule has 0 amide bonds. The highest BCUT2D eigenvalue weighted by atomic mass is 32.2. The van der Waals surface area contributed by atoms with Crippen LogP contribution >= 0.6 is 11.8 Å². The third-order valence-corrected chi connectivity index (χ3v) is 3.98. The van der Waals surface area contributed by atoms with Crippen molar-refractivity contribution >= 4 is 11.8 Å². The molecular formula is C15H25NOS. The lowest BCUT2D eigenvalue weighted by Crippen LogP contribution is -2.23. The van der Waals surface area contributed by atoms with Crippen LogP contribution in [0.3, 0.4) is 0 Å². The minimum absolute atomic E-state index is 0.352. The topological polar surface area (TPSA) is 21.3 Å². The van der Waals surface area contributed by atoms with Crippen LogP contribution in [0.4, 0.5) is 0 Å². The Morgan fingerprint density at radius 3 is 2.33 bits per heavy atom. The fourth-order valence-corrected chi connectivity index (χ4v) is 2.48. The summed E-state index contributed by atoms with van der Waals surface area (Å²) in [5.41, 5.74) is 1.30. The van der Waals surface area contributed by atoms with E-state index in [9.17, 15) is 0 Å². The van der Waals surface area contributed by atoms with Gasteiger partial charge >= 0.3 is 0 Å². The van der Waals surface area contributed by atoms with Gasteiger partial charge in [-0.2, -0.15) is 11.8 Å². The number of benzene rings is 1. The van der Waals surface area contributed by atoms with Gasteiger partial charge in [-0.3, -0.25) is 0 Å². The van der Waals surface area contributed by atoms with Crippen molar-refractivity contribution < 1.29 is 4.74 Å². The first kappa shape index (κ1) is 15.4. The van der Waals surface area contributed by atoms with E-state index in [1.165, 1.54) is 5.56 Å². The molecule has 0 aliphatic carbocycles. The molecular weight excluding hydrogens is 242 g/mol. The van der Waals surface area contributed by atoms with Crippen molar-refractivity contribution in [3.05, 3.63) is 29.8 Å². The zero-order valence-electron chi connectivity index (χ0n) is 12.1. The van der Waals surface area contributed by atoms with E-state index < -0.39 is 0 Å². The highest BCUT2D eigenvalue weighted by molar-refractivity contribution is 8.00. The number of hydrogen-bond donors (Lipinski definition) is 1. The lowest BCUT2D eigenvalue weighted by Gasteiger charge is -2.19. The second-order valence-electron chi connectivity index (χ2n) is 5.41. The molecule has 0 fully saturated rings. The third-order valence-electron chi connectivity index (χ3n) is 2.70. The Bertz CT molecular complexity index is 343. The number of nitrogens with one attached hydrogen (secondary N) is 1. The lowest BCUT2D eigenvalue weighted by molar-refractivity contribution is 0.414. The first-order valence-electron chi connectivity index (χ1n) is 6.43. The normalized spacial score (nSPS) is 13.4. The third kappa shape index (κ3) is 5.78. The van der Waals surface area contributed by atoms with Gasteiger partial charge < -0.3 is 10.1 Å². The van der Waals surface area contributed by atoms with Crippen molar-refractivity contribution in [2.75, 3.05) is 19.4 Å². The molecule has 0 spiro atoms. The minimum Gasteiger partial charge on any atom is -0.497 e. The molecule has 0 heterocycles. The quantitative estimate of drug-likeness (QED) is 0.790. The van der Waals surface area contributed by atoms with Crippen LogP contribution < -0.4 is 10.1 Å². The molecule has 18 heavy (non-hydrogen) atoms. The Balaban J connectivity index is 2.33. The summed E-state index contributed by atoms with van der Waals surface area (Å²) in [5, 5.41) is 3.55. The van der Waals surface area contributed by atoms with Gasteiger partial charge in [-0.1, -0.05) is 32.9 Å². The van der Waals surface area contributed by atoms with Crippen molar-refractivity contribution in [3.8, 4) is 5.75 Å². The van der Waals surface area contributed by atoms with Crippen molar-refractivity contribution in [1.82, 2.24) is 5.32 Å². The number of ether oxygens (including phenoxy) is 1. The maximum absolute atomic E-state index is 5.16. The summed E-state index contributed by atoms with van der Waals surface area (Å²) in [7, 11) is 1.69. The molecule has 0 unspecified atom stereocenters. The Morgan fingerprint density at radius 2 is 1.83 bits per heavy atom. The minimum atomic E-state index is 0.352. The van der Waals surface area contributed by atoms with Crippen LogP contribution in [-0.4, -0.2) is 24.2 Å². The summed E-state index contributed by atoms with van der Waals surface area (Å²) >= 11 is 1.99. The van der Waals surface area contributed by atoms with Gasteiger partial charge in [-0.15, -0.1) is 0 Å². The van der Waals surface area contributed by atoms with E-state index in [2.05, 4.69) is 45.1 Å². The molecule has 1 aromatic carbocycles. The highest BCUT2D eigenvalue weighted by Crippen LogP contribution is 2.22. The number of methoxy groups -OCH3 is 1. The monoisotopic (exact) mass is 267 g/mol. The molecule has 0 aliphatic heterocycles. The van der Waals surface area contributed by atoms with Gasteiger partial charge in [0.1, 0.15) is 5.75 Å². The van der Waals surface area contributed by atoms with E-state index in [0.29, 0.717) is 10.8 Å². The Hall–Kier alpha value is -0.670. The highest BCUT2D eigenvalue weighted by Gasteiger charge is 2.10. The largest absolute Gasteiger partial charge is 0.497 e. The van der Waals surface area contributed by atoms with Crippen LogP contribution in [-0.2, 0) is 0 Å². The van der Waals surface area contributed by atoms with Gasteiger partial charge in [0, 0.05) is 23.1 Å². The molecule has 1 rings (SSSR count). The summed E-state index contributed by atoms with van der Waals surface area (Å²) < 4.78 is 5.51. The molecule has 0 saturated carbocycles.